The van der Waals surface area contributed by atoms with Crippen molar-refractivity contribution < 1.29 is 0 Å². The first-order chi connectivity index (χ1) is 7.98. The van der Waals surface area contributed by atoms with E-state index in [-0.39, 0.29) is 5.41 Å². The summed E-state index contributed by atoms with van der Waals surface area (Å²) in [6, 6.07) is 2.65. The summed E-state index contributed by atoms with van der Waals surface area (Å²) in [5.74, 6) is 0. The fraction of sp³-hybridized carbons (Fsp3) is 0.786. The molecule has 0 aliphatic rings. The Morgan fingerprint density at radius 1 is 1.41 bits per heavy atom. The number of rotatable bonds is 7. The van der Waals surface area contributed by atoms with Gasteiger partial charge in [0, 0.05) is 18.8 Å². The lowest BCUT2D eigenvalue weighted by Crippen LogP contribution is -2.31. The lowest BCUT2D eigenvalue weighted by molar-refractivity contribution is 0.335. The monoisotopic (exact) mass is 237 g/mol. The molecule has 1 atom stereocenters. The maximum Gasteiger partial charge on any atom is 0.0630 e. The van der Waals surface area contributed by atoms with Gasteiger partial charge in [0.25, 0.3) is 0 Å². The first kappa shape index (κ1) is 14.2. The largest absolute Gasteiger partial charge is 0.316 e. The lowest BCUT2D eigenvalue weighted by atomic mass is 9.88. The fourth-order valence-corrected chi connectivity index (χ4v) is 1.92. The van der Waals surface area contributed by atoms with Crippen LogP contribution in [0.3, 0.4) is 0 Å². The number of nitrogens with one attached hydrogen (secondary N) is 1. The Morgan fingerprint density at radius 2 is 2.12 bits per heavy atom. The summed E-state index contributed by atoms with van der Waals surface area (Å²) < 4.78 is 2.08. The van der Waals surface area contributed by atoms with Crippen LogP contribution >= 0.6 is 0 Å². The van der Waals surface area contributed by atoms with E-state index in [0.717, 1.165) is 25.9 Å². The van der Waals surface area contributed by atoms with Crippen molar-refractivity contribution in [1.82, 2.24) is 15.1 Å². The first-order valence-electron chi connectivity index (χ1n) is 6.73. The topological polar surface area (TPSA) is 29.9 Å². The Labute approximate surface area is 106 Å². The Balaban J connectivity index is 2.59. The van der Waals surface area contributed by atoms with E-state index in [1.54, 1.807) is 0 Å². The van der Waals surface area contributed by atoms with Crippen LogP contribution in [-0.2, 0) is 6.42 Å². The predicted octanol–water partition coefficient (Wildman–Crippen LogP) is 3.03. The minimum absolute atomic E-state index is 0.268. The molecule has 1 aromatic heterocycles. The van der Waals surface area contributed by atoms with Crippen LogP contribution in [0.15, 0.2) is 12.3 Å². The van der Waals surface area contributed by atoms with E-state index >= 15 is 0 Å². The van der Waals surface area contributed by atoms with Crippen LogP contribution in [0, 0.1) is 5.41 Å². The average Bonchev–Trinajstić information content (AvgIpc) is 2.73. The van der Waals surface area contributed by atoms with E-state index in [9.17, 15) is 0 Å². The van der Waals surface area contributed by atoms with Crippen LogP contribution in [0.2, 0.25) is 0 Å². The molecule has 1 aromatic rings. The lowest BCUT2D eigenvalue weighted by Gasteiger charge is -2.23. The molecule has 0 saturated heterocycles. The molecule has 98 valence electrons. The highest BCUT2D eigenvalue weighted by atomic mass is 15.3. The van der Waals surface area contributed by atoms with Crippen molar-refractivity contribution in [2.45, 2.75) is 53.5 Å². The summed E-state index contributed by atoms with van der Waals surface area (Å²) >= 11 is 0. The summed E-state index contributed by atoms with van der Waals surface area (Å²) in [7, 11) is 0. The van der Waals surface area contributed by atoms with E-state index in [4.69, 9.17) is 0 Å². The summed E-state index contributed by atoms with van der Waals surface area (Å²) in [5.41, 5.74) is 1.47. The highest BCUT2D eigenvalue weighted by Gasteiger charge is 2.19. The van der Waals surface area contributed by atoms with Crippen molar-refractivity contribution in [1.29, 1.82) is 0 Å². The second-order valence-electron chi connectivity index (χ2n) is 5.67. The van der Waals surface area contributed by atoms with Crippen molar-refractivity contribution in [3.05, 3.63) is 18.0 Å². The van der Waals surface area contributed by atoms with Gasteiger partial charge in [-0.1, -0.05) is 27.7 Å². The van der Waals surface area contributed by atoms with Crippen molar-refractivity contribution >= 4 is 0 Å². The van der Waals surface area contributed by atoms with Crippen LogP contribution < -0.4 is 5.32 Å². The highest BCUT2D eigenvalue weighted by Crippen LogP contribution is 2.20. The molecule has 0 radical (unpaired) electrons. The van der Waals surface area contributed by atoms with Gasteiger partial charge in [-0.15, -0.1) is 0 Å². The van der Waals surface area contributed by atoms with Gasteiger partial charge in [0.2, 0.25) is 0 Å². The van der Waals surface area contributed by atoms with E-state index in [0.29, 0.717) is 6.04 Å². The van der Waals surface area contributed by atoms with Gasteiger partial charge >= 0.3 is 0 Å². The molecule has 0 aromatic carbocycles. The average molecular weight is 237 g/mol. The number of aromatic nitrogens is 2. The third-order valence-electron chi connectivity index (χ3n) is 3.22. The van der Waals surface area contributed by atoms with Gasteiger partial charge in [0.15, 0.2) is 0 Å². The normalized spacial score (nSPS) is 13.9. The van der Waals surface area contributed by atoms with Gasteiger partial charge in [0.1, 0.15) is 0 Å². The summed E-state index contributed by atoms with van der Waals surface area (Å²) in [6.45, 7) is 13.2. The van der Waals surface area contributed by atoms with Gasteiger partial charge < -0.3 is 5.32 Å². The molecule has 1 rings (SSSR count). The van der Waals surface area contributed by atoms with Crippen LogP contribution in [0.4, 0.5) is 0 Å². The SMILES string of the molecule is CCNCC(C)(C)Cc1ccn(C(C)CC)n1. The van der Waals surface area contributed by atoms with Crippen LogP contribution in [0.1, 0.15) is 52.8 Å². The molecule has 1 N–H and O–H groups in total. The quantitative estimate of drug-likeness (QED) is 0.790. The molecule has 1 unspecified atom stereocenters. The fourth-order valence-electron chi connectivity index (χ4n) is 1.92. The summed E-state index contributed by atoms with van der Waals surface area (Å²) in [4.78, 5) is 0. The molecular weight excluding hydrogens is 210 g/mol. The maximum atomic E-state index is 4.66. The molecule has 17 heavy (non-hydrogen) atoms. The second kappa shape index (κ2) is 6.20. The Bertz CT molecular complexity index is 328. The molecular formula is C14H27N3. The van der Waals surface area contributed by atoms with Gasteiger partial charge in [-0.3, -0.25) is 4.68 Å². The molecule has 3 nitrogen and oxygen atoms in total. The second-order valence-corrected chi connectivity index (χ2v) is 5.67. The van der Waals surface area contributed by atoms with Crippen LogP contribution in [-0.4, -0.2) is 22.9 Å². The predicted molar refractivity (Wildman–Crippen MR) is 73.3 cm³/mol. The number of hydrogen-bond acceptors (Lipinski definition) is 2. The van der Waals surface area contributed by atoms with E-state index in [1.165, 1.54) is 5.69 Å². The van der Waals surface area contributed by atoms with Crippen LogP contribution in [0.5, 0.6) is 0 Å². The number of nitrogens with zero attached hydrogens (tertiary/aromatic N) is 2. The minimum Gasteiger partial charge on any atom is -0.316 e. The van der Waals surface area contributed by atoms with Gasteiger partial charge in [-0.25, -0.2) is 0 Å². The molecule has 3 heteroatoms. The van der Waals surface area contributed by atoms with E-state index in [1.807, 2.05) is 0 Å². The highest BCUT2D eigenvalue weighted by molar-refractivity contribution is 5.03. The Kier molecular flexibility index (Phi) is 5.19. The minimum atomic E-state index is 0.268. The Morgan fingerprint density at radius 3 is 2.71 bits per heavy atom. The molecule has 0 fully saturated rings. The molecule has 0 aliphatic heterocycles. The molecule has 0 spiro atoms. The maximum absolute atomic E-state index is 4.66. The van der Waals surface area contributed by atoms with E-state index in [2.05, 4.69) is 62.0 Å². The zero-order chi connectivity index (χ0) is 12.9. The van der Waals surface area contributed by atoms with E-state index < -0.39 is 0 Å². The number of hydrogen-bond donors (Lipinski definition) is 1. The van der Waals surface area contributed by atoms with Crippen molar-refractivity contribution in [3.63, 3.8) is 0 Å². The molecule has 1 heterocycles. The summed E-state index contributed by atoms with van der Waals surface area (Å²) in [5, 5.41) is 8.08. The van der Waals surface area contributed by atoms with Gasteiger partial charge in [-0.2, -0.15) is 5.10 Å². The first-order valence-corrected chi connectivity index (χ1v) is 6.73. The summed E-state index contributed by atoms with van der Waals surface area (Å²) in [6.07, 6.45) is 4.26. The van der Waals surface area contributed by atoms with Crippen molar-refractivity contribution in [2.75, 3.05) is 13.1 Å². The smallest absolute Gasteiger partial charge is 0.0630 e. The van der Waals surface area contributed by atoms with Crippen molar-refractivity contribution in [2.24, 2.45) is 5.41 Å². The van der Waals surface area contributed by atoms with Gasteiger partial charge in [0.05, 0.1) is 5.69 Å². The zero-order valence-electron chi connectivity index (χ0n) is 12.0. The molecule has 0 saturated carbocycles. The zero-order valence-corrected chi connectivity index (χ0v) is 12.0. The standard InChI is InChI=1S/C14H27N3/c1-6-12(3)17-9-8-13(16-17)10-14(4,5)11-15-7-2/h8-9,12,15H,6-7,10-11H2,1-5H3. The molecule has 0 aliphatic carbocycles. The third kappa shape index (κ3) is 4.50. The van der Waals surface area contributed by atoms with Gasteiger partial charge in [-0.05, 0) is 37.8 Å². The van der Waals surface area contributed by atoms with Crippen molar-refractivity contribution in [3.8, 4) is 0 Å². The van der Waals surface area contributed by atoms with Crippen LogP contribution in [0.25, 0.3) is 0 Å². The molecule has 0 amide bonds. The third-order valence-corrected chi connectivity index (χ3v) is 3.22. The molecule has 0 bridgehead atoms. The Hall–Kier alpha value is -0.830.